The molecule has 72 valence electrons. The number of carbonyl (C=O) groups excluding carboxylic acids is 2. The first kappa shape index (κ1) is 8.61. The molecule has 0 aromatic rings. The third-order valence-corrected chi connectivity index (χ3v) is 1.82. The summed E-state index contributed by atoms with van der Waals surface area (Å²) in [5.74, 6) is -0.297. The van der Waals surface area contributed by atoms with E-state index in [2.05, 4.69) is 10.4 Å². The van der Waals surface area contributed by atoms with Crippen LogP contribution in [0.5, 0.6) is 0 Å². The predicted octanol–water partition coefficient (Wildman–Crippen LogP) is 0.761. The summed E-state index contributed by atoms with van der Waals surface area (Å²) in [7, 11) is 0. The van der Waals surface area contributed by atoms with Crippen molar-refractivity contribution in [3.63, 3.8) is 0 Å². The Balaban J connectivity index is 1.99. The molecular formula is C8H8N4O2. The molecule has 0 aromatic heterocycles. The lowest BCUT2D eigenvalue weighted by Gasteiger charge is -2.06. The largest absolute Gasteiger partial charge is 0.272 e. The molecule has 14 heavy (non-hydrogen) atoms. The summed E-state index contributed by atoms with van der Waals surface area (Å²) < 4.78 is 0. The van der Waals surface area contributed by atoms with Crippen molar-refractivity contribution in [2.75, 3.05) is 0 Å². The second kappa shape index (κ2) is 3.41. The van der Waals surface area contributed by atoms with Gasteiger partial charge in [-0.2, -0.15) is 10.0 Å². The molecule has 0 atom stereocenters. The van der Waals surface area contributed by atoms with Gasteiger partial charge >= 0.3 is 0 Å². The van der Waals surface area contributed by atoms with Gasteiger partial charge in [0.25, 0.3) is 11.8 Å². The summed E-state index contributed by atoms with van der Waals surface area (Å²) in [5, 5.41) is 9.45. The van der Waals surface area contributed by atoms with Crippen LogP contribution < -0.4 is 0 Å². The Morgan fingerprint density at radius 1 is 0.929 bits per heavy atom. The molecule has 0 N–H and O–H groups in total. The maximum Gasteiger partial charge on any atom is 0.252 e. The van der Waals surface area contributed by atoms with E-state index >= 15 is 0 Å². The van der Waals surface area contributed by atoms with E-state index in [4.69, 9.17) is 0 Å². The van der Waals surface area contributed by atoms with Crippen LogP contribution in [0.4, 0.5) is 0 Å². The Bertz CT molecular complexity index is 324. The van der Waals surface area contributed by atoms with Gasteiger partial charge in [-0.3, -0.25) is 9.59 Å². The van der Waals surface area contributed by atoms with Crippen molar-refractivity contribution >= 4 is 11.8 Å². The highest BCUT2D eigenvalue weighted by Crippen LogP contribution is 2.10. The second-order valence-corrected chi connectivity index (χ2v) is 2.83. The zero-order valence-corrected chi connectivity index (χ0v) is 7.33. The first-order valence-electron chi connectivity index (χ1n) is 4.16. The average molecular weight is 192 g/mol. The molecule has 0 saturated carbocycles. The third-order valence-electron chi connectivity index (χ3n) is 1.82. The fourth-order valence-corrected chi connectivity index (χ4v) is 1.11. The zero-order chi connectivity index (χ0) is 9.97. The highest BCUT2D eigenvalue weighted by Gasteiger charge is 2.17. The standard InChI is InChI=1S/C8H8N4O2/c13-7-3-1-5-11(7)9-10-12-6-2-4-8(12)14/h1-2,5-6H,3-4H2/b10-9+. The lowest BCUT2D eigenvalue weighted by atomic mass is 10.5. The molecule has 0 fully saturated rings. The van der Waals surface area contributed by atoms with Crippen molar-refractivity contribution in [2.24, 2.45) is 10.4 Å². The zero-order valence-electron chi connectivity index (χ0n) is 7.33. The van der Waals surface area contributed by atoms with Crippen molar-refractivity contribution in [2.45, 2.75) is 12.8 Å². The molecule has 2 aliphatic heterocycles. The quantitative estimate of drug-likeness (QED) is 0.606. The van der Waals surface area contributed by atoms with Gasteiger partial charge in [0.05, 0.1) is 0 Å². The summed E-state index contributed by atoms with van der Waals surface area (Å²) in [4.78, 5) is 22.1. The molecule has 6 heteroatoms. The van der Waals surface area contributed by atoms with Crippen molar-refractivity contribution in [1.82, 2.24) is 10.0 Å². The Labute approximate surface area is 80.1 Å². The van der Waals surface area contributed by atoms with Gasteiger partial charge in [0.15, 0.2) is 0 Å². The number of amides is 2. The van der Waals surface area contributed by atoms with Crippen LogP contribution in [-0.4, -0.2) is 21.8 Å². The van der Waals surface area contributed by atoms with Gasteiger partial charge in [0.2, 0.25) is 0 Å². The molecule has 0 spiro atoms. The molecule has 0 radical (unpaired) electrons. The van der Waals surface area contributed by atoms with Crippen molar-refractivity contribution in [1.29, 1.82) is 0 Å². The molecule has 0 aliphatic carbocycles. The Kier molecular flexibility index (Phi) is 2.10. The van der Waals surface area contributed by atoms with Crippen LogP contribution in [0.3, 0.4) is 0 Å². The number of hydrogen-bond donors (Lipinski definition) is 0. The van der Waals surface area contributed by atoms with Gasteiger partial charge < -0.3 is 0 Å². The highest BCUT2D eigenvalue weighted by molar-refractivity contribution is 5.81. The van der Waals surface area contributed by atoms with Crippen LogP contribution in [0.1, 0.15) is 12.8 Å². The molecule has 0 aromatic carbocycles. The molecule has 2 rings (SSSR count). The normalized spacial score (nSPS) is 20.9. The summed E-state index contributed by atoms with van der Waals surface area (Å²) in [6, 6.07) is 0. The molecular weight excluding hydrogens is 184 g/mol. The van der Waals surface area contributed by atoms with Gasteiger partial charge in [-0.25, -0.2) is 0 Å². The van der Waals surface area contributed by atoms with Gasteiger partial charge in [-0.05, 0) is 10.4 Å². The van der Waals surface area contributed by atoms with E-state index in [1.54, 1.807) is 12.2 Å². The topological polar surface area (TPSA) is 65.3 Å². The maximum atomic E-state index is 11.0. The molecule has 0 saturated heterocycles. The molecule has 0 unspecified atom stereocenters. The molecule has 0 bridgehead atoms. The van der Waals surface area contributed by atoms with E-state index in [9.17, 15) is 9.59 Å². The van der Waals surface area contributed by atoms with E-state index in [0.29, 0.717) is 12.8 Å². The lowest BCUT2D eigenvalue weighted by molar-refractivity contribution is -0.130. The van der Waals surface area contributed by atoms with Gasteiger partial charge in [-0.15, -0.1) is 0 Å². The summed E-state index contributed by atoms with van der Waals surface area (Å²) in [5.41, 5.74) is 0. The van der Waals surface area contributed by atoms with Gasteiger partial charge in [0, 0.05) is 25.2 Å². The summed E-state index contributed by atoms with van der Waals surface area (Å²) >= 11 is 0. The molecule has 6 nitrogen and oxygen atoms in total. The van der Waals surface area contributed by atoms with Crippen LogP contribution in [0.25, 0.3) is 0 Å². The van der Waals surface area contributed by atoms with Crippen LogP contribution in [-0.2, 0) is 9.59 Å². The van der Waals surface area contributed by atoms with E-state index < -0.39 is 0 Å². The SMILES string of the molecule is O=C1CC=CN1/N=N/N1C=CCC1=O. The minimum Gasteiger partial charge on any atom is -0.272 e. The number of carbonyl (C=O) groups is 2. The monoisotopic (exact) mass is 192 g/mol. The summed E-state index contributed by atoms with van der Waals surface area (Å²) in [6.07, 6.45) is 7.09. The molecule has 2 aliphatic rings. The predicted molar refractivity (Wildman–Crippen MR) is 46.1 cm³/mol. The fourth-order valence-electron chi connectivity index (χ4n) is 1.11. The van der Waals surface area contributed by atoms with Crippen LogP contribution >= 0.6 is 0 Å². The highest BCUT2D eigenvalue weighted by atomic mass is 16.2. The van der Waals surface area contributed by atoms with Gasteiger partial charge in [0.1, 0.15) is 0 Å². The Hall–Kier alpha value is -1.98. The van der Waals surface area contributed by atoms with Crippen LogP contribution in [0, 0.1) is 0 Å². The minimum absolute atomic E-state index is 0.149. The average Bonchev–Trinajstić information content (AvgIpc) is 2.72. The van der Waals surface area contributed by atoms with E-state index in [1.165, 1.54) is 12.4 Å². The van der Waals surface area contributed by atoms with Crippen LogP contribution in [0.15, 0.2) is 35.0 Å². The smallest absolute Gasteiger partial charge is 0.252 e. The first-order valence-corrected chi connectivity index (χ1v) is 4.16. The van der Waals surface area contributed by atoms with Crippen molar-refractivity contribution in [3.8, 4) is 0 Å². The number of rotatable bonds is 2. The van der Waals surface area contributed by atoms with Crippen LogP contribution in [0.2, 0.25) is 0 Å². The fraction of sp³-hybridized carbons (Fsp3) is 0.250. The number of nitrogens with zero attached hydrogens (tertiary/aromatic N) is 4. The van der Waals surface area contributed by atoms with Crippen molar-refractivity contribution in [3.05, 3.63) is 24.6 Å². The van der Waals surface area contributed by atoms with E-state index in [-0.39, 0.29) is 11.8 Å². The van der Waals surface area contributed by atoms with Crippen molar-refractivity contribution < 1.29 is 9.59 Å². The minimum atomic E-state index is -0.149. The third kappa shape index (κ3) is 1.54. The maximum absolute atomic E-state index is 11.0. The first-order chi connectivity index (χ1) is 6.77. The Morgan fingerprint density at radius 3 is 1.64 bits per heavy atom. The molecule has 2 amide bonds. The Morgan fingerprint density at radius 2 is 1.36 bits per heavy atom. The summed E-state index contributed by atoms with van der Waals surface area (Å²) in [6.45, 7) is 0. The van der Waals surface area contributed by atoms with Gasteiger partial charge in [-0.1, -0.05) is 12.2 Å². The van der Waals surface area contributed by atoms with E-state index in [0.717, 1.165) is 10.0 Å². The number of hydrogen-bond acceptors (Lipinski definition) is 4. The lowest BCUT2D eigenvalue weighted by Crippen LogP contribution is -2.17. The second-order valence-electron chi connectivity index (χ2n) is 2.83. The molecule has 2 heterocycles. The van der Waals surface area contributed by atoms with E-state index in [1.807, 2.05) is 0 Å².